The number of anilines is 3. The SMILES string of the molecule is Cc1cc(NC(=O)N2CCOc3c(N(C)C)nc(-c4cccc(F)c4)nc32)cc(C)n1. The number of fused-ring (bicyclic) bond motifs is 1. The minimum absolute atomic E-state index is 0.304. The van der Waals surface area contributed by atoms with Crippen LogP contribution in [0.25, 0.3) is 11.4 Å². The lowest BCUT2D eigenvalue weighted by molar-refractivity contribution is 0.249. The van der Waals surface area contributed by atoms with Crippen LogP contribution in [0.5, 0.6) is 5.75 Å². The first-order valence-electron chi connectivity index (χ1n) is 9.84. The molecule has 0 saturated heterocycles. The average molecular weight is 422 g/mol. The lowest BCUT2D eigenvalue weighted by Crippen LogP contribution is -2.42. The van der Waals surface area contributed by atoms with Crippen LogP contribution in [0.4, 0.5) is 26.5 Å². The molecule has 9 heteroatoms. The van der Waals surface area contributed by atoms with Crippen molar-refractivity contribution in [2.75, 3.05) is 42.4 Å². The van der Waals surface area contributed by atoms with Crippen LogP contribution in [0.2, 0.25) is 0 Å². The number of aryl methyl sites for hydroxylation is 2. The summed E-state index contributed by atoms with van der Waals surface area (Å²) < 4.78 is 19.6. The molecule has 31 heavy (non-hydrogen) atoms. The molecule has 2 amide bonds. The van der Waals surface area contributed by atoms with Crippen molar-refractivity contribution in [3.8, 4) is 17.1 Å². The Bertz CT molecular complexity index is 1130. The number of hydrogen-bond donors (Lipinski definition) is 1. The van der Waals surface area contributed by atoms with E-state index in [2.05, 4.69) is 20.3 Å². The molecule has 3 heterocycles. The number of amides is 2. The third kappa shape index (κ3) is 4.25. The van der Waals surface area contributed by atoms with E-state index in [4.69, 9.17) is 4.74 Å². The summed E-state index contributed by atoms with van der Waals surface area (Å²) in [6.45, 7) is 4.36. The second-order valence-electron chi connectivity index (χ2n) is 7.50. The fraction of sp³-hybridized carbons (Fsp3) is 0.273. The molecule has 0 unspecified atom stereocenters. The van der Waals surface area contributed by atoms with E-state index >= 15 is 0 Å². The van der Waals surface area contributed by atoms with Gasteiger partial charge in [0.15, 0.2) is 17.5 Å². The zero-order valence-electron chi connectivity index (χ0n) is 17.8. The van der Waals surface area contributed by atoms with Crippen molar-refractivity contribution in [3.05, 3.63) is 53.6 Å². The minimum Gasteiger partial charge on any atom is -0.485 e. The standard InChI is InChI=1S/C22H23FN6O2/c1-13-10-17(11-14(2)24-13)25-22(30)29-8-9-31-18-20(28(3)4)26-19(27-21(18)29)15-6-5-7-16(23)12-15/h5-7,10-12H,8-9H2,1-4H3,(H,24,25,30). The highest BCUT2D eigenvalue weighted by Gasteiger charge is 2.30. The Kier molecular flexibility index (Phi) is 5.41. The van der Waals surface area contributed by atoms with E-state index in [0.717, 1.165) is 11.4 Å². The summed E-state index contributed by atoms with van der Waals surface area (Å²) in [7, 11) is 3.64. The van der Waals surface area contributed by atoms with Gasteiger partial charge in [0, 0.05) is 36.7 Å². The summed E-state index contributed by atoms with van der Waals surface area (Å²) in [6, 6.07) is 9.29. The molecule has 0 atom stereocenters. The van der Waals surface area contributed by atoms with Gasteiger partial charge in [0.05, 0.1) is 6.54 Å². The number of pyridine rings is 1. The quantitative estimate of drug-likeness (QED) is 0.691. The first-order chi connectivity index (χ1) is 14.8. The van der Waals surface area contributed by atoms with Crippen LogP contribution >= 0.6 is 0 Å². The molecule has 0 fully saturated rings. The van der Waals surface area contributed by atoms with E-state index in [1.54, 1.807) is 29.2 Å². The maximum atomic E-state index is 13.8. The molecule has 1 aliphatic heterocycles. The van der Waals surface area contributed by atoms with Gasteiger partial charge in [-0.05, 0) is 38.1 Å². The molecule has 1 aromatic carbocycles. The highest BCUT2D eigenvalue weighted by Crippen LogP contribution is 2.39. The molecule has 1 N–H and O–H groups in total. The highest BCUT2D eigenvalue weighted by atomic mass is 19.1. The van der Waals surface area contributed by atoms with Crippen LogP contribution in [0, 0.1) is 19.7 Å². The number of carbonyl (C=O) groups is 1. The van der Waals surface area contributed by atoms with Crippen molar-refractivity contribution in [3.63, 3.8) is 0 Å². The van der Waals surface area contributed by atoms with Crippen molar-refractivity contribution < 1.29 is 13.9 Å². The van der Waals surface area contributed by atoms with Crippen molar-refractivity contribution in [2.45, 2.75) is 13.8 Å². The largest absolute Gasteiger partial charge is 0.485 e. The van der Waals surface area contributed by atoms with E-state index in [1.165, 1.54) is 17.0 Å². The molecule has 0 radical (unpaired) electrons. The molecule has 0 bridgehead atoms. The summed E-state index contributed by atoms with van der Waals surface area (Å²) in [4.78, 5) is 29.9. The smallest absolute Gasteiger partial charge is 0.327 e. The molecule has 1 aliphatic rings. The van der Waals surface area contributed by atoms with Gasteiger partial charge in [-0.25, -0.2) is 19.2 Å². The predicted molar refractivity (Wildman–Crippen MR) is 117 cm³/mol. The molecule has 0 spiro atoms. The third-order valence-corrected chi connectivity index (χ3v) is 4.73. The van der Waals surface area contributed by atoms with Gasteiger partial charge in [0.1, 0.15) is 12.4 Å². The molecule has 160 valence electrons. The molecule has 2 aromatic heterocycles. The first-order valence-corrected chi connectivity index (χ1v) is 9.84. The van der Waals surface area contributed by atoms with Crippen LogP contribution in [-0.4, -0.2) is 48.2 Å². The number of nitrogens with zero attached hydrogens (tertiary/aromatic N) is 5. The van der Waals surface area contributed by atoms with Gasteiger partial charge >= 0.3 is 6.03 Å². The lowest BCUT2D eigenvalue weighted by atomic mass is 10.2. The number of aromatic nitrogens is 3. The fourth-order valence-corrected chi connectivity index (χ4v) is 3.44. The fourth-order valence-electron chi connectivity index (χ4n) is 3.44. The number of nitrogens with one attached hydrogen (secondary N) is 1. The first kappa shape index (κ1) is 20.5. The Labute approximate surface area is 179 Å². The van der Waals surface area contributed by atoms with Gasteiger partial charge < -0.3 is 15.0 Å². The zero-order valence-corrected chi connectivity index (χ0v) is 17.8. The average Bonchev–Trinajstić information content (AvgIpc) is 2.71. The van der Waals surface area contributed by atoms with Gasteiger partial charge in [-0.15, -0.1) is 0 Å². The third-order valence-electron chi connectivity index (χ3n) is 4.73. The van der Waals surface area contributed by atoms with E-state index in [-0.39, 0.29) is 11.8 Å². The van der Waals surface area contributed by atoms with E-state index in [0.29, 0.717) is 47.6 Å². The monoisotopic (exact) mass is 422 g/mol. The Balaban J connectivity index is 1.76. The maximum absolute atomic E-state index is 13.8. The summed E-state index contributed by atoms with van der Waals surface area (Å²) >= 11 is 0. The number of rotatable bonds is 3. The summed E-state index contributed by atoms with van der Waals surface area (Å²) in [6.07, 6.45) is 0. The van der Waals surface area contributed by atoms with E-state index in [9.17, 15) is 9.18 Å². The second kappa shape index (κ2) is 8.17. The minimum atomic E-state index is -0.389. The molecular weight excluding hydrogens is 399 g/mol. The van der Waals surface area contributed by atoms with Crippen molar-refractivity contribution in [1.29, 1.82) is 0 Å². The van der Waals surface area contributed by atoms with Gasteiger partial charge in [0.2, 0.25) is 5.75 Å². The Morgan fingerprint density at radius 3 is 2.55 bits per heavy atom. The Morgan fingerprint density at radius 2 is 1.87 bits per heavy atom. The predicted octanol–water partition coefficient (Wildman–Crippen LogP) is 3.79. The lowest BCUT2D eigenvalue weighted by Gasteiger charge is -2.31. The number of carbonyl (C=O) groups excluding carboxylic acids is 1. The molecule has 0 saturated carbocycles. The van der Waals surface area contributed by atoms with Crippen molar-refractivity contribution >= 4 is 23.4 Å². The van der Waals surface area contributed by atoms with Gasteiger partial charge in [-0.3, -0.25) is 9.88 Å². The van der Waals surface area contributed by atoms with E-state index in [1.807, 2.05) is 27.9 Å². The highest BCUT2D eigenvalue weighted by molar-refractivity contribution is 6.03. The van der Waals surface area contributed by atoms with Crippen molar-refractivity contribution in [1.82, 2.24) is 15.0 Å². The zero-order chi connectivity index (χ0) is 22.1. The Hall–Kier alpha value is -3.75. The summed E-state index contributed by atoms with van der Waals surface area (Å²) in [5.41, 5.74) is 2.78. The van der Waals surface area contributed by atoms with Crippen molar-refractivity contribution in [2.24, 2.45) is 0 Å². The maximum Gasteiger partial charge on any atom is 0.327 e. The molecule has 4 rings (SSSR count). The molecular formula is C22H23FN6O2. The van der Waals surface area contributed by atoms with Crippen LogP contribution < -0.4 is 19.9 Å². The number of hydrogen-bond acceptors (Lipinski definition) is 6. The Morgan fingerprint density at radius 1 is 1.13 bits per heavy atom. The van der Waals surface area contributed by atoms with Crippen LogP contribution in [0.3, 0.4) is 0 Å². The van der Waals surface area contributed by atoms with Gasteiger partial charge in [0.25, 0.3) is 0 Å². The number of urea groups is 1. The molecule has 3 aromatic rings. The summed E-state index contributed by atoms with van der Waals surface area (Å²) in [5.74, 6) is 1.18. The van der Waals surface area contributed by atoms with E-state index < -0.39 is 0 Å². The van der Waals surface area contributed by atoms with Gasteiger partial charge in [-0.2, -0.15) is 0 Å². The number of ether oxygens (including phenoxy) is 1. The summed E-state index contributed by atoms with van der Waals surface area (Å²) in [5, 5.41) is 2.91. The van der Waals surface area contributed by atoms with Gasteiger partial charge in [-0.1, -0.05) is 12.1 Å². The normalized spacial score (nSPS) is 12.7. The van der Waals surface area contributed by atoms with Crippen LogP contribution in [-0.2, 0) is 0 Å². The van der Waals surface area contributed by atoms with Crippen LogP contribution in [0.1, 0.15) is 11.4 Å². The second-order valence-corrected chi connectivity index (χ2v) is 7.50. The molecule has 0 aliphatic carbocycles. The topological polar surface area (TPSA) is 83.5 Å². The molecule has 8 nitrogen and oxygen atoms in total. The number of halogens is 1. The van der Waals surface area contributed by atoms with Crippen LogP contribution in [0.15, 0.2) is 36.4 Å². The number of benzene rings is 1.